The molecule has 1 N–H and O–H groups in total. The lowest BCUT2D eigenvalue weighted by Gasteiger charge is -2.13. The van der Waals surface area contributed by atoms with Crippen molar-refractivity contribution in [1.29, 1.82) is 0 Å². The first kappa shape index (κ1) is 14.4. The average molecular weight is 276 g/mol. The molecule has 1 atom stereocenters. The number of nitro groups is 1. The molecule has 100 valence electrons. The lowest BCUT2D eigenvalue weighted by atomic mass is 10.2. The van der Waals surface area contributed by atoms with Crippen molar-refractivity contribution in [2.75, 3.05) is 17.3 Å². The van der Waals surface area contributed by atoms with E-state index in [1.807, 2.05) is 0 Å². The van der Waals surface area contributed by atoms with Gasteiger partial charge in [-0.1, -0.05) is 0 Å². The minimum atomic E-state index is -3.17. The molecule has 6 nitrogen and oxygen atoms in total. The monoisotopic (exact) mass is 276 g/mol. The van der Waals surface area contributed by atoms with Gasteiger partial charge in [-0.25, -0.2) is 12.8 Å². The molecule has 1 rings (SSSR count). The molecule has 0 saturated carbocycles. The normalized spacial score (nSPS) is 13.1. The lowest BCUT2D eigenvalue weighted by molar-refractivity contribution is -0.385. The van der Waals surface area contributed by atoms with E-state index < -0.39 is 26.6 Å². The minimum Gasteiger partial charge on any atom is -0.381 e. The van der Waals surface area contributed by atoms with E-state index in [9.17, 15) is 22.9 Å². The summed E-state index contributed by atoms with van der Waals surface area (Å²) in [5.41, 5.74) is -0.207. The van der Waals surface area contributed by atoms with Gasteiger partial charge in [-0.05, 0) is 13.0 Å². The van der Waals surface area contributed by atoms with Crippen LogP contribution in [0.25, 0.3) is 0 Å². The van der Waals surface area contributed by atoms with Gasteiger partial charge in [0.15, 0.2) is 0 Å². The van der Waals surface area contributed by atoms with Crippen LogP contribution in [-0.4, -0.2) is 31.4 Å². The highest BCUT2D eigenvalue weighted by molar-refractivity contribution is 7.90. The molecular formula is C10H13FN2O4S. The van der Waals surface area contributed by atoms with E-state index in [0.717, 1.165) is 24.5 Å². The van der Waals surface area contributed by atoms with Gasteiger partial charge in [0, 0.05) is 24.1 Å². The van der Waals surface area contributed by atoms with Crippen LogP contribution in [0.1, 0.15) is 6.92 Å². The number of nitro benzene ring substituents is 1. The standard InChI is InChI=1S/C10H13FN2O4S/c1-7(6-18(2,16)17)12-9-3-8(11)4-10(5-9)13(14)15/h3-5,7,12H,6H2,1-2H3. The number of sulfone groups is 1. The summed E-state index contributed by atoms with van der Waals surface area (Å²) in [6.45, 7) is 1.60. The van der Waals surface area contributed by atoms with Crippen LogP contribution in [0.2, 0.25) is 0 Å². The number of nitrogens with one attached hydrogen (secondary N) is 1. The van der Waals surface area contributed by atoms with E-state index in [0.29, 0.717) is 0 Å². The zero-order valence-electron chi connectivity index (χ0n) is 9.88. The second kappa shape index (κ2) is 5.30. The summed E-state index contributed by atoms with van der Waals surface area (Å²) < 4.78 is 35.2. The van der Waals surface area contributed by atoms with Crippen LogP contribution >= 0.6 is 0 Å². The van der Waals surface area contributed by atoms with Gasteiger partial charge in [0.25, 0.3) is 5.69 Å². The Hall–Kier alpha value is -1.70. The van der Waals surface area contributed by atoms with Crippen molar-refractivity contribution in [3.8, 4) is 0 Å². The summed E-state index contributed by atoms with van der Waals surface area (Å²) in [5.74, 6) is -0.893. The Morgan fingerprint density at radius 1 is 1.44 bits per heavy atom. The summed E-state index contributed by atoms with van der Waals surface area (Å²) in [7, 11) is -3.17. The van der Waals surface area contributed by atoms with Gasteiger partial charge in [-0.3, -0.25) is 10.1 Å². The quantitative estimate of drug-likeness (QED) is 0.651. The van der Waals surface area contributed by atoms with E-state index in [4.69, 9.17) is 0 Å². The summed E-state index contributed by atoms with van der Waals surface area (Å²) in [5, 5.41) is 13.2. The predicted octanol–water partition coefficient (Wildman–Crippen LogP) is 1.58. The lowest BCUT2D eigenvalue weighted by Crippen LogP contribution is -2.25. The number of halogens is 1. The molecule has 0 spiro atoms. The summed E-state index contributed by atoms with van der Waals surface area (Å²) in [4.78, 5) is 9.82. The highest BCUT2D eigenvalue weighted by atomic mass is 32.2. The van der Waals surface area contributed by atoms with Crippen molar-refractivity contribution in [1.82, 2.24) is 0 Å². The Bertz CT molecular complexity index is 559. The molecule has 0 aliphatic heterocycles. The molecule has 1 aromatic carbocycles. The van der Waals surface area contributed by atoms with Crippen LogP contribution in [0.15, 0.2) is 18.2 Å². The number of hydrogen-bond donors (Lipinski definition) is 1. The fourth-order valence-electron chi connectivity index (χ4n) is 1.54. The van der Waals surface area contributed by atoms with Gasteiger partial charge in [-0.15, -0.1) is 0 Å². The third-order valence-corrected chi connectivity index (χ3v) is 3.16. The Morgan fingerprint density at radius 3 is 2.56 bits per heavy atom. The first-order valence-corrected chi connectivity index (χ1v) is 7.12. The highest BCUT2D eigenvalue weighted by Gasteiger charge is 2.14. The number of anilines is 1. The van der Waals surface area contributed by atoms with Gasteiger partial charge in [0.05, 0.1) is 16.7 Å². The summed E-state index contributed by atoms with van der Waals surface area (Å²) in [6, 6.07) is 2.56. The van der Waals surface area contributed by atoms with Crippen LogP contribution in [0, 0.1) is 15.9 Å². The maximum absolute atomic E-state index is 13.1. The van der Waals surface area contributed by atoms with E-state index in [-0.39, 0.29) is 17.1 Å². The van der Waals surface area contributed by atoms with Gasteiger partial charge in [-0.2, -0.15) is 0 Å². The summed E-state index contributed by atoms with van der Waals surface area (Å²) in [6.07, 6.45) is 1.08. The van der Waals surface area contributed by atoms with E-state index >= 15 is 0 Å². The molecule has 0 bridgehead atoms. The van der Waals surface area contributed by atoms with Crippen LogP contribution in [-0.2, 0) is 9.84 Å². The minimum absolute atomic E-state index is 0.142. The van der Waals surface area contributed by atoms with Crippen molar-refractivity contribution < 1.29 is 17.7 Å². The average Bonchev–Trinajstić information content (AvgIpc) is 2.12. The van der Waals surface area contributed by atoms with Gasteiger partial charge < -0.3 is 5.32 Å². The van der Waals surface area contributed by atoms with E-state index in [1.54, 1.807) is 6.92 Å². The highest BCUT2D eigenvalue weighted by Crippen LogP contribution is 2.20. The number of nitrogens with zero attached hydrogens (tertiary/aromatic N) is 1. The molecule has 0 radical (unpaired) electrons. The predicted molar refractivity (Wildman–Crippen MR) is 65.8 cm³/mol. The zero-order valence-corrected chi connectivity index (χ0v) is 10.7. The molecule has 0 heterocycles. The third kappa shape index (κ3) is 4.66. The molecule has 0 aliphatic rings. The Balaban J connectivity index is 2.88. The van der Waals surface area contributed by atoms with Crippen molar-refractivity contribution in [3.63, 3.8) is 0 Å². The first-order valence-electron chi connectivity index (χ1n) is 5.06. The maximum Gasteiger partial charge on any atom is 0.274 e. The zero-order chi connectivity index (χ0) is 13.9. The smallest absolute Gasteiger partial charge is 0.274 e. The molecule has 0 saturated heterocycles. The topological polar surface area (TPSA) is 89.3 Å². The second-order valence-electron chi connectivity index (χ2n) is 4.09. The van der Waals surface area contributed by atoms with Gasteiger partial charge >= 0.3 is 0 Å². The van der Waals surface area contributed by atoms with Crippen molar-refractivity contribution in [2.45, 2.75) is 13.0 Å². The first-order chi connectivity index (χ1) is 8.17. The maximum atomic E-state index is 13.1. The molecular weight excluding hydrogens is 263 g/mol. The molecule has 8 heteroatoms. The second-order valence-corrected chi connectivity index (χ2v) is 6.28. The Labute approximate surface area is 104 Å². The Morgan fingerprint density at radius 2 is 2.06 bits per heavy atom. The van der Waals surface area contributed by atoms with Crippen molar-refractivity contribution >= 4 is 21.2 Å². The van der Waals surface area contributed by atoms with E-state index in [1.165, 1.54) is 0 Å². The molecule has 0 aliphatic carbocycles. The molecule has 18 heavy (non-hydrogen) atoms. The van der Waals surface area contributed by atoms with Crippen LogP contribution < -0.4 is 5.32 Å². The van der Waals surface area contributed by atoms with Gasteiger partial charge in [0.2, 0.25) is 0 Å². The molecule has 0 fully saturated rings. The largest absolute Gasteiger partial charge is 0.381 e. The molecule has 1 unspecified atom stereocenters. The number of non-ortho nitro benzene ring substituents is 1. The SMILES string of the molecule is CC(CS(C)(=O)=O)Nc1cc(F)cc([N+](=O)[O-])c1. The number of hydrogen-bond acceptors (Lipinski definition) is 5. The van der Waals surface area contributed by atoms with Gasteiger partial charge in [0.1, 0.15) is 15.7 Å². The van der Waals surface area contributed by atoms with Crippen LogP contribution in [0.4, 0.5) is 15.8 Å². The van der Waals surface area contributed by atoms with Crippen LogP contribution in [0.5, 0.6) is 0 Å². The number of rotatable bonds is 5. The number of benzene rings is 1. The summed E-state index contributed by atoms with van der Waals surface area (Å²) >= 11 is 0. The Kier molecular flexibility index (Phi) is 4.23. The molecule has 1 aromatic rings. The fraction of sp³-hybridized carbons (Fsp3) is 0.400. The van der Waals surface area contributed by atoms with Crippen molar-refractivity contribution in [3.05, 3.63) is 34.1 Å². The molecule has 0 aromatic heterocycles. The van der Waals surface area contributed by atoms with Crippen molar-refractivity contribution in [2.24, 2.45) is 0 Å². The van der Waals surface area contributed by atoms with Crippen LogP contribution in [0.3, 0.4) is 0 Å². The molecule has 0 amide bonds. The van der Waals surface area contributed by atoms with E-state index in [2.05, 4.69) is 5.32 Å². The fourth-order valence-corrected chi connectivity index (χ4v) is 2.53. The third-order valence-electron chi connectivity index (χ3n) is 2.06.